The minimum atomic E-state index is -0.0273. The third kappa shape index (κ3) is 1.87. The van der Waals surface area contributed by atoms with Crippen molar-refractivity contribution in [2.75, 3.05) is 0 Å². The van der Waals surface area contributed by atoms with Crippen LogP contribution in [0.4, 0.5) is 0 Å². The lowest BCUT2D eigenvalue weighted by molar-refractivity contribution is 0.646. The molecule has 5 aromatic rings. The van der Waals surface area contributed by atoms with Gasteiger partial charge in [-0.2, -0.15) is 0 Å². The van der Waals surface area contributed by atoms with E-state index >= 15 is 0 Å². The van der Waals surface area contributed by atoms with E-state index in [0.717, 1.165) is 6.42 Å². The number of hydrogen-bond acceptors (Lipinski definition) is 0. The molecule has 0 N–H and O–H groups in total. The van der Waals surface area contributed by atoms with Crippen LogP contribution in [0.2, 0.25) is 0 Å². The van der Waals surface area contributed by atoms with Gasteiger partial charge in [0.25, 0.3) is 0 Å². The molecule has 0 heterocycles. The van der Waals surface area contributed by atoms with Crippen molar-refractivity contribution in [3.8, 4) is 11.1 Å². The first kappa shape index (κ1) is 16.4. The van der Waals surface area contributed by atoms with Gasteiger partial charge in [-0.25, -0.2) is 0 Å². The summed E-state index contributed by atoms with van der Waals surface area (Å²) in [6.45, 7) is 4.79. The minimum absolute atomic E-state index is 0.0273. The van der Waals surface area contributed by atoms with Crippen molar-refractivity contribution in [3.05, 3.63) is 101 Å². The molecule has 0 radical (unpaired) electrons. The standard InChI is InChI=1S/C30H22/c1-30(2)25-17-15-22-21-9-4-3-6-18(21)10-13-23(22)28(25)24-14-11-19-7-5-8-20-12-16-26(30)29(24)27(19)20/h3-6,8-17H,7H2,1-2H3. The van der Waals surface area contributed by atoms with Gasteiger partial charge in [-0.1, -0.05) is 98.8 Å². The molecule has 0 spiro atoms. The van der Waals surface area contributed by atoms with Crippen LogP contribution in [-0.4, -0.2) is 0 Å². The second-order valence-electron chi connectivity index (χ2n) is 9.33. The third-order valence-electron chi connectivity index (χ3n) is 7.46. The first-order valence-corrected chi connectivity index (χ1v) is 10.9. The molecule has 0 unspecified atom stereocenters. The Kier molecular flexibility index (Phi) is 2.96. The summed E-state index contributed by atoms with van der Waals surface area (Å²) < 4.78 is 0. The number of rotatable bonds is 0. The molecular weight excluding hydrogens is 360 g/mol. The van der Waals surface area contributed by atoms with Crippen molar-refractivity contribution in [3.63, 3.8) is 0 Å². The van der Waals surface area contributed by atoms with Gasteiger partial charge in [-0.3, -0.25) is 0 Å². The Hall–Kier alpha value is -3.38. The van der Waals surface area contributed by atoms with E-state index < -0.39 is 0 Å². The summed E-state index contributed by atoms with van der Waals surface area (Å²) in [4.78, 5) is 0. The van der Waals surface area contributed by atoms with E-state index in [2.05, 4.69) is 98.8 Å². The monoisotopic (exact) mass is 382 g/mol. The molecule has 0 fully saturated rings. The smallest absolute Gasteiger partial charge is 0.0159 e. The molecule has 2 aliphatic carbocycles. The summed E-state index contributed by atoms with van der Waals surface area (Å²) in [6, 6.07) is 27.5. The van der Waals surface area contributed by atoms with Crippen molar-refractivity contribution in [2.45, 2.75) is 25.7 Å². The summed E-state index contributed by atoms with van der Waals surface area (Å²) in [5.41, 5.74) is 8.51. The maximum atomic E-state index is 2.39. The highest BCUT2D eigenvalue weighted by molar-refractivity contribution is 6.18. The fourth-order valence-electron chi connectivity index (χ4n) is 5.99. The fourth-order valence-corrected chi connectivity index (χ4v) is 5.99. The highest BCUT2D eigenvalue weighted by Crippen LogP contribution is 2.52. The van der Waals surface area contributed by atoms with Crippen LogP contribution in [0.3, 0.4) is 0 Å². The Bertz CT molecular complexity index is 1580. The quantitative estimate of drug-likeness (QED) is 0.238. The minimum Gasteiger partial charge on any atom is -0.0795 e. The average molecular weight is 383 g/mol. The highest BCUT2D eigenvalue weighted by Gasteiger charge is 2.35. The molecule has 0 aromatic heterocycles. The summed E-state index contributed by atoms with van der Waals surface area (Å²) in [6.07, 6.45) is 5.62. The summed E-state index contributed by atoms with van der Waals surface area (Å²) in [7, 11) is 0. The van der Waals surface area contributed by atoms with Crippen LogP contribution < -0.4 is 0 Å². The van der Waals surface area contributed by atoms with Gasteiger partial charge in [0.05, 0.1) is 0 Å². The molecule has 142 valence electrons. The zero-order chi connectivity index (χ0) is 20.0. The van der Waals surface area contributed by atoms with E-state index in [0.29, 0.717) is 0 Å². The molecule has 0 saturated heterocycles. The van der Waals surface area contributed by atoms with Crippen LogP contribution >= 0.6 is 0 Å². The van der Waals surface area contributed by atoms with Crippen molar-refractivity contribution in [2.24, 2.45) is 0 Å². The molecule has 0 nitrogen and oxygen atoms in total. The number of hydrogen-bond donors (Lipinski definition) is 0. The number of benzene rings is 5. The van der Waals surface area contributed by atoms with Gasteiger partial charge in [0.15, 0.2) is 0 Å². The maximum absolute atomic E-state index is 2.39. The zero-order valence-electron chi connectivity index (χ0n) is 17.3. The number of allylic oxidation sites excluding steroid dienone is 1. The van der Waals surface area contributed by atoms with Gasteiger partial charge in [0.2, 0.25) is 0 Å². The topological polar surface area (TPSA) is 0 Å². The molecule has 5 aromatic carbocycles. The Morgan fingerprint density at radius 2 is 1.50 bits per heavy atom. The van der Waals surface area contributed by atoms with Crippen molar-refractivity contribution in [1.82, 2.24) is 0 Å². The van der Waals surface area contributed by atoms with E-state index in [4.69, 9.17) is 0 Å². The lowest BCUT2D eigenvalue weighted by Crippen LogP contribution is -2.24. The Morgan fingerprint density at radius 3 is 2.43 bits per heavy atom. The van der Waals surface area contributed by atoms with E-state index in [1.807, 2.05) is 0 Å². The molecule has 2 aliphatic rings. The van der Waals surface area contributed by atoms with E-state index in [1.54, 1.807) is 0 Å². The molecule has 7 rings (SSSR count). The zero-order valence-corrected chi connectivity index (χ0v) is 17.3. The van der Waals surface area contributed by atoms with Crippen molar-refractivity contribution < 1.29 is 0 Å². The average Bonchev–Trinajstić information content (AvgIpc) is 2.78. The normalized spacial score (nSPS) is 15.7. The SMILES string of the molecule is CC1(C)c2ccc3c(ccc4ccccc43)c2-c2ccc3c4c(ccc1c24)C=CC3. The maximum Gasteiger partial charge on any atom is 0.0159 e. The van der Waals surface area contributed by atoms with Crippen LogP contribution in [0, 0.1) is 0 Å². The van der Waals surface area contributed by atoms with Gasteiger partial charge >= 0.3 is 0 Å². The van der Waals surface area contributed by atoms with E-state index in [-0.39, 0.29) is 5.41 Å². The molecule has 0 aliphatic heterocycles. The first-order valence-electron chi connectivity index (χ1n) is 10.9. The molecule has 0 atom stereocenters. The molecule has 0 heteroatoms. The largest absolute Gasteiger partial charge is 0.0795 e. The summed E-state index contributed by atoms with van der Waals surface area (Å²) >= 11 is 0. The van der Waals surface area contributed by atoms with Crippen LogP contribution in [0.15, 0.2) is 78.9 Å². The highest BCUT2D eigenvalue weighted by atomic mass is 14.4. The van der Waals surface area contributed by atoms with E-state index in [1.165, 1.54) is 65.7 Å². The Labute approximate surface area is 176 Å². The second-order valence-corrected chi connectivity index (χ2v) is 9.33. The predicted molar refractivity (Wildman–Crippen MR) is 129 cm³/mol. The molecule has 0 saturated carbocycles. The third-order valence-corrected chi connectivity index (χ3v) is 7.46. The second kappa shape index (κ2) is 5.40. The van der Waals surface area contributed by atoms with E-state index in [9.17, 15) is 0 Å². The summed E-state index contributed by atoms with van der Waals surface area (Å²) in [5.74, 6) is 0. The Balaban J connectivity index is 1.73. The van der Waals surface area contributed by atoms with Crippen LogP contribution in [0.1, 0.15) is 36.1 Å². The predicted octanol–water partition coefficient (Wildman–Crippen LogP) is 8.02. The summed E-state index contributed by atoms with van der Waals surface area (Å²) in [5, 5.41) is 8.30. The first-order chi connectivity index (χ1) is 14.6. The lowest BCUT2D eigenvalue weighted by Gasteiger charge is -2.37. The van der Waals surface area contributed by atoms with Crippen molar-refractivity contribution >= 4 is 38.4 Å². The van der Waals surface area contributed by atoms with Gasteiger partial charge in [-0.05, 0) is 72.1 Å². The molecule has 30 heavy (non-hydrogen) atoms. The van der Waals surface area contributed by atoms with Crippen LogP contribution in [0.25, 0.3) is 49.5 Å². The van der Waals surface area contributed by atoms with Crippen molar-refractivity contribution in [1.29, 1.82) is 0 Å². The molecule has 0 amide bonds. The lowest BCUT2D eigenvalue weighted by atomic mass is 9.66. The molecular formula is C30H22. The van der Waals surface area contributed by atoms with Crippen LogP contribution in [0.5, 0.6) is 0 Å². The van der Waals surface area contributed by atoms with Gasteiger partial charge in [-0.15, -0.1) is 0 Å². The molecule has 0 bridgehead atoms. The van der Waals surface area contributed by atoms with Gasteiger partial charge < -0.3 is 0 Å². The van der Waals surface area contributed by atoms with Crippen LogP contribution in [-0.2, 0) is 11.8 Å². The fraction of sp³-hybridized carbons (Fsp3) is 0.133. The number of fused-ring (bicyclic) bond motifs is 6. The van der Waals surface area contributed by atoms with Gasteiger partial charge in [0, 0.05) is 5.41 Å². The Morgan fingerprint density at radius 1 is 0.667 bits per heavy atom. The van der Waals surface area contributed by atoms with Gasteiger partial charge in [0.1, 0.15) is 0 Å².